The number of hydroxylamine groups is 1. The van der Waals surface area contributed by atoms with E-state index in [0.29, 0.717) is 0 Å². The Hall–Kier alpha value is -1.44. The molecule has 6 nitrogen and oxygen atoms in total. The summed E-state index contributed by atoms with van der Waals surface area (Å²) in [6, 6.07) is 5.29. The molecule has 7 heteroatoms. The summed E-state index contributed by atoms with van der Waals surface area (Å²) in [6.07, 6.45) is 0. The van der Waals surface area contributed by atoms with Crippen molar-refractivity contribution in [3.63, 3.8) is 0 Å². The van der Waals surface area contributed by atoms with Crippen LogP contribution < -0.4 is 5.73 Å². The molecule has 16 heavy (non-hydrogen) atoms. The molecule has 0 aliphatic heterocycles. The lowest BCUT2D eigenvalue weighted by atomic mass is 10.2. The summed E-state index contributed by atoms with van der Waals surface area (Å²) in [5.41, 5.74) is 5.28. The third-order valence-corrected chi connectivity index (χ3v) is 3.73. The van der Waals surface area contributed by atoms with Gasteiger partial charge >= 0.3 is 0 Å². The van der Waals surface area contributed by atoms with Crippen molar-refractivity contribution in [3.8, 4) is 0 Å². The maximum atomic E-state index is 11.7. The summed E-state index contributed by atoms with van der Waals surface area (Å²) in [5.74, 6) is -0.607. The van der Waals surface area contributed by atoms with E-state index in [0.717, 1.165) is 4.47 Å². The van der Waals surface area contributed by atoms with Crippen molar-refractivity contribution in [3.05, 3.63) is 29.8 Å². The van der Waals surface area contributed by atoms with Crippen molar-refractivity contribution in [2.24, 2.45) is 5.73 Å². The third-order valence-electron chi connectivity index (χ3n) is 2.03. The van der Waals surface area contributed by atoms with Crippen molar-refractivity contribution in [2.75, 3.05) is 14.2 Å². The number of hydrogen-bond donors (Lipinski definition) is 1. The van der Waals surface area contributed by atoms with Crippen LogP contribution in [0.4, 0.5) is 0 Å². The van der Waals surface area contributed by atoms with E-state index in [1.165, 1.54) is 38.4 Å². The van der Waals surface area contributed by atoms with Crippen LogP contribution in [0.25, 0.3) is 0 Å². The van der Waals surface area contributed by atoms with E-state index in [1.54, 1.807) is 0 Å². The maximum absolute atomic E-state index is 11.7. The number of hydrogen-bond acceptors (Lipinski definition) is 4. The molecule has 0 radical (unpaired) electrons. The summed E-state index contributed by atoms with van der Waals surface area (Å²) < 4.78 is 24.2. The normalized spacial score (nSPS) is 11.7. The van der Waals surface area contributed by atoms with E-state index < -0.39 is 15.9 Å². The van der Waals surface area contributed by atoms with Crippen LogP contribution in [0, 0.1) is 0 Å². The van der Waals surface area contributed by atoms with Gasteiger partial charge in [0.2, 0.25) is 5.91 Å². The molecular weight excluding hydrogens is 232 g/mol. The van der Waals surface area contributed by atoms with Crippen LogP contribution in [0.15, 0.2) is 29.2 Å². The van der Waals surface area contributed by atoms with Gasteiger partial charge in [0.15, 0.2) is 0 Å². The highest BCUT2D eigenvalue weighted by Crippen LogP contribution is 2.14. The predicted molar refractivity (Wildman–Crippen MR) is 56.9 cm³/mol. The van der Waals surface area contributed by atoms with Crippen LogP contribution in [0.2, 0.25) is 0 Å². The fourth-order valence-corrected chi connectivity index (χ4v) is 2.01. The van der Waals surface area contributed by atoms with Crippen molar-refractivity contribution in [1.82, 2.24) is 4.47 Å². The van der Waals surface area contributed by atoms with E-state index in [1.807, 2.05) is 0 Å². The molecule has 0 fully saturated rings. The molecule has 0 aromatic heterocycles. The highest BCUT2D eigenvalue weighted by atomic mass is 32.2. The molecule has 1 rings (SSSR count). The number of nitrogens with two attached hydrogens (primary N) is 1. The number of amides is 1. The first-order valence-corrected chi connectivity index (χ1v) is 5.76. The lowest BCUT2D eigenvalue weighted by molar-refractivity contribution is -0.0258. The number of nitrogens with zero attached hydrogens (tertiary/aromatic N) is 1. The van der Waals surface area contributed by atoms with Gasteiger partial charge in [-0.1, -0.05) is 4.47 Å². The zero-order chi connectivity index (χ0) is 12.3. The van der Waals surface area contributed by atoms with Gasteiger partial charge in [-0.3, -0.25) is 9.63 Å². The van der Waals surface area contributed by atoms with Gasteiger partial charge in [-0.05, 0) is 24.3 Å². The average molecular weight is 244 g/mol. The van der Waals surface area contributed by atoms with Crippen LogP contribution >= 0.6 is 0 Å². The van der Waals surface area contributed by atoms with Crippen molar-refractivity contribution in [2.45, 2.75) is 4.90 Å². The molecule has 0 aliphatic rings. The Morgan fingerprint density at radius 2 is 1.81 bits per heavy atom. The first-order valence-electron chi connectivity index (χ1n) is 4.32. The minimum absolute atomic E-state index is 0.0295. The molecule has 88 valence electrons. The zero-order valence-electron chi connectivity index (χ0n) is 8.88. The molecule has 0 heterocycles. The fraction of sp³-hybridized carbons (Fsp3) is 0.222. The Kier molecular flexibility index (Phi) is 3.63. The summed E-state index contributed by atoms with van der Waals surface area (Å²) in [6.45, 7) is 0. The smallest absolute Gasteiger partial charge is 0.264 e. The molecule has 0 saturated carbocycles. The maximum Gasteiger partial charge on any atom is 0.264 e. The lowest BCUT2D eigenvalue weighted by Gasteiger charge is -2.13. The van der Waals surface area contributed by atoms with Crippen LogP contribution in [-0.2, 0) is 14.9 Å². The van der Waals surface area contributed by atoms with Gasteiger partial charge in [0.25, 0.3) is 10.0 Å². The van der Waals surface area contributed by atoms with E-state index >= 15 is 0 Å². The van der Waals surface area contributed by atoms with Crippen LogP contribution in [0.3, 0.4) is 0 Å². The summed E-state index contributed by atoms with van der Waals surface area (Å²) in [5, 5.41) is 0. The van der Waals surface area contributed by atoms with Gasteiger partial charge < -0.3 is 5.73 Å². The van der Waals surface area contributed by atoms with E-state index in [-0.39, 0.29) is 10.5 Å². The molecule has 0 atom stereocenters. The van der Waals surface area contributed by atoms with Gasteiger partial charge in [0.1, 0.15) is 0 Å². The van der Waals surface area contributed by atoms with Gasteiger partial charge in [-0.15, -0.1) is 0 Å². The number of sulfonamides is 1. The van der Waals surface area contributed by atoms with Gasteiger partial charge in [0, 0.05) is 12.6 Å². The monoisotopic (exact) mass is 244 g/mol. The second-order valence-corrected chi connectivity index (χ2v) is 4.92. The van der Waals surface area contributed by atoms with E-state index in [2.05, 4.69) is 4.84 Å². The summed E-state index contributed by atoms with van der Waals surface area (Å²) >= 11 is 0. The minimum atomic E-state index is -3.67. The first kappa shape index (κ1) is 12.6. The van der Waals surface area contributed by atoms with Crippen molar-refractivity contribution < 1.29 is 18.0 Å². The summed E-state index contributed by atoms with van der Waals surface area (Å²) in [7, 11) is -1.15. The lowest BCUT2D eigenvalue weighted by Crippen LogP contribution is -2.25. The number of primary amides is 1. The molecule has 0 bridgehead atoms. The van der Waals surface area contributed by atoms with Crippen LogP contribution in [-0.4, -0.2) is 33.0 Å². The second kappa shape index (κ2) is 4.60. The Bertz CT molecular complexity index is 481. The standard InChI is InChI=1S/C9H12N2O4S/c1-11(15-2)16(13,14)8-5-3-7(4-6-8)9(10)12/h3-6H,1-2H3,(H2,10,12). The molecule has 0 spiro atoms. The Balaban J connectivity index is 3.12. The molecule has 1 amide bonds. The van der Waals surface area contributed by atoms with Crippen molar-refractivity contribution in [1.29, 1.82) is 0 Å². The molecule has 1 aromatic carbocycles. The van der Waals surface area contributed by atoms with Gasteiger partial charge in [0.05, 0.1) is 12.0 Å². The van der Waals surface area contributed by atoms with Crippen molar-refractivity contribution >= 4 is 15.9 Å². The first-order chi connectivity index (χ1) is 7.39. The Labute approximate surface area is 93.6 Å². The van der Waals surface area contributed by atoms with E-state index in [9.17, 15) is 13.2 Å². The minimum Gasteiger partial charge on any atom is -0.366 e. The van der Waals surface area contributed by atoms with E-state index in [4.69, 9.17) is 5.73 Å². The van der Waals surface area contributed by atoms with Gasteiger partial charge in [-0.25, -0.2) is 8.42 Å². The highest BCUT2D eigenvalue weighted by molar-refractivity contribution is 7.89. The SMILES string of the molecule is CON(C)S(=O)(=O)c1ccc(C(N)=O)cc1. The summed E-state index contributed by atoms with van der Waals surface area (Å²) in [4.78, 5) is 15.4. The number of carbonyl (C=O) groups excluding carboxylic acids is 1. The average Bonchev–Trinajstić information content (AvgIpc) is 2.28. The third kappa shape index (κ3) is 2.38. The fourth-order valence-electron chi connectivity index (χ4n) is 1.04. The second-order valence-electron chi connectivity index (χ2n) is 2.99. The Morgan fingerprint density at radius 3 is 2.19 bits per heavy atom. The Morgan fingerprint density at radius 1 is 1.31 bits per heavy atom. The van der Waals surface area contributed by atoms with Crippen LogP contribution in [0.1, 0.15) is 10.4 Å². The molecule has 0 unspecified atom stereocenters. The highest BCUT2D eigenvalue weighted by Gasteiger charge is 2.20. The predicted octanol–water partition coefficient (Wildman–Crippen LogP) is -0.0326. The molecule has 1 aromatic rings. The largest absolute Gasteiger partial charge is 0.366 e. The van der Waals surface area contributed by atoms with Gasteiger partial charge in [-0.2, -0.15) is 0 Å². The topological polar surface area (TPSA) is 89.7 Å². The van der Waals surface area contributed by atoms with Crippen LogP contribution in [0.5, 0.6) is 0 Å². The molecular formula is C9H12N2O4S. The zero-order valence-corrected chi connectivity index (χ0v) is 9.69. The number of carbonyl (C=O) groups is 1. The molecule has 2 N–H and O–H groups in total. The molecule has 0 aliphatic carbocycles. The molecule has 0 saturated heterocycles. The number of benzene rings is 1. The quantitative estimate of drug-likeness (QED) is 0.753. The number of rotatable bonds is 4.